The van der Waals surface area contributed by atoms with Crippen LogP contribution in [0.25, 0.3) is 0 Å². The van der Waals surface area contributed by atoms with Gasteiger partial charge in [0, 0.05) is 29.6 Å². The zero-order valence-electron chi connectivity index (χ0n) is 7.75. The fourth-order valence-electron chi connectivity index (χ4n) is 1.55. The molecular weight excluding hydrogens is 184 g/mol. The molecule has 0 bridgehead atoms. The first-order chi connectivity index (χ1) is 6.18. The minimum Gasteiger partial charge on any atom is -0.379 e. The van der Waals surface area contributed by atoms with Crippen molar-refractivity contribution in [3.63, 3.8) is 0 Å². The lowest BCUT2D eigenvalue weighted by atomic mass is 9.96. The van der Waals surface area contributed by atoms with Crippen molar-refractivity contribution in [1.29, 1.82) is 0 Å². The maximum Gasteiger partial charge on any atom is 0.0947 e. The second kappa shape index (κ2) is 3.36. The highest BCUT2D eigenvalue weighted by Gasteiger charge is 2.31. The maximum atomic E-state index is 6.14. The molecule has 0 saturated carbocycles. The van der Waals surface area contributed by atoms with Crippen LogP contribution in [0.2, 0.25) is 0 Å². The Balaban J connectivity index is 2.04. The minimum absolute atomic E-state index is 0.162. The van der Waals surface area contributed by atoms with Crippen molar-refractivity contribution in [2.75, 3.05) is 13.2 Å². The van der Waals surface area contributed by atoms with Crippen LogP contribution in [-0.4, -0.2) is 23.7 Å². The Morgan fingerprint density at radius 3 is 3.15 bits per heavy atom. The summed E-state index contributed by atoms with van der Waals surface area (Å²) in [5.74, 6) is 0. The summed E-state index contributed by atoms with van der Waals surface area (Å²) in [5, 5.41) is 3.19. The number of ether oxygens (including phenoxy) is 1. The summed E-state index contributed by atoms with van der Waals surface area (Å²) in [5.41, 5.74) is 7.07. The molecule has 2 N–H and O–H groups in total. The van der Waals surface area contributed by atoms with E-state index in [1.807, 2.05) is 6.92 Å². The summed E-state index contributed by atoms with van der Waals surface area (Å²) < 4.78 is 5.29. The molecule has 1 aromatic heterocycles. The van der Waals surface area contributed by atoms with E-state index in [0.29, 0.717) is 6.61 Å². The van der Waals surface area contributed by atoms with E-state index < -0.39 is 0 Å². The quantitative estimate of drug-likeness (QED) is 0.774. The summed E-state index contributed by atoms with van der Waals surface area (Å²) in [7, 11) is 0. The third-order valence-corrected chi connectivity index (χ3v) is 3.27. The summed E-state index contributed by atoms with van der Waals surface area (Å²) >= 11 is 1.69. The first-order valence-corrected chi connectivity index (χ1v) is 5.34. The average molecular weight is 198 g/mol. The lowest BCUT2D eigenvalue weighted by Gasteiger charge is -2.19. The lowest BCUT2D eigenvalue weighted by molar-refractivity contribution is 0.178. The van der Waals surface area contributed by atoms with Crippen LogP contribution in [0.3, 0.4) is 0 Å². The second-order valence-corrected chi connectivity index (χ2v) is 4.67. The van der Waals surface area contributed by atoms with Crippen LogP contribution < -0.4 is 5.73 Å². The zero-order chi connectivity index (χ0) is 9.31. The van der Waals surface area contributed by atoms with Gasteiger partial charge in [-0.15, -0.1) is 11.3 Å². The monoisotopic (exact) mass is 198 g/mol. The molecule has 72 valence electrons. The molecule has 0 spiro atoms. The lowest BCUT2D eigenvalue weighted by Crippen LogP contribution is -2.42. The number of nitrogens with zero attached hydrogens (tertiary/aromatic N) is 1. The molecule has 0 aromatic carbocycles. The molecule has 1 aromatic rings. The van der Waals surface area contributed by atoms with Crippen molar-refractivity contribution >= 4 is 11.3 Å². The van der Waals surface area contributed by atoms with Gasteiger partial charge in [-0.05, 0) is 13.3 Å². The van der Waals surface area contributed by atoms with Crippen LogP contribution in [0.1, 0.15) is 17.1 Å². The minimum atomic E-state index is -0.162. The van der Waals surface area contributed by atoms with Gasteiger partial charge in [0.15, 0.2) is 0 Å². The van der Waals surface area contributed by atoms with Crippen molar-refractivity contribution in [2.45, 2.75) is 25.3 Å². The fraction of sp³-hybridized carbons (Fsp3) is 0.667. The zero-order valence-corrected chi connectivity index (χ0v) is 8.56. The molecule has 1 fully saturated rings. The number of rotatable bonds is 2. The van der Waals surface area contributed by atoms with Gasteiger partial charge in [-0.2, -0.15) is 0 Å². The molecule has 1 unspecified atom stereocenters. The van der Waals surface area contributed by atoms with Crippen molar-refractivity contribution in [3.8, 4) is 0 Å². The normalized spacial score (nSPS) is 28.2. The van der Waals surface area contributed by atoms with Crippen LogP contribution >= 0.6 is 11.3 Å². The molecule has 1 aliphatic rings. The summed E-state index contributed by atoms with van der Waals surface area (Å²) in [6.45, 7) is 3.47. The van der Waals surface area contributed by atoms with E-state index in [1.54, 1.807) is 11.3 Å². The van der Waals surface area contributed by atoms with Crippen molar-refractivity contribution in [3.05, 3.63) is 16.1 Å². The van der Waals surface area contributed by atoms with Crippen LogP contribution in [-0.2, 0) is 11.2 Å². The van der Waals surface area contributed by atoms with Crippen LogP contribution in [0, 0.1) is 6.92 Å². The van der Waals surface area contributed by atoms with Gasteiger partial charge < -0.3 is 10.5 Å². The topological polar surface area (TPSA) is 48.1 Å². The molecule has 0 radical (unpaired) electrons. The second-order valence-electron chi connectivity index (χ2n) is 3.72. The van der Waals surface area contributed by atoms with E-state index in [2.05, 4.69) is 10.4 Å². The Labute approximate surface area is 81.9 Å². The molecule has 3 nitrogen and oxygen atoms in total. The number of nitrogens with two attached hydrogens (primary N) is 1. The van der Waals surface area contributed by atoms with Gasteiger partial charge in [0.2, 0.25) is 0 Å². The van der Waals surface area contributed by atoms with Crippen LogP contribution in [0.4, 0.5) is 0 Å². The van der Waals surface area contributed by atoms with Crippen LogP contribution in [0.15, 0.2) is 5.38 Å². The Morgan fingerprint density at radius 2 is 2.62 bits per heavy atom. The van der Waals surface area contributed by atoms with E-state index in [9.17, 15) is 0 Å². The smallest absolute Gasteiger partial charge is 0.0947 e. The molecule has 2 rings (SSSR count). The first kappa shape index (κ1) is 9.12. The standard InChI is InChI=1S/C9H14N2OS/c1-7-5-13-8(11-7)4-9(10)2-3-12-6-9/h5H,2-4,6,10H2,1H3. The Bertz CT molecular complexity index is 292. The third-order valence-electron chi connectivity index (χ3n) is 2.30. The van der Waals surface area contributed by atoms with Gasteiger partial charge in [0.1, 0.15) is 0 Å². The highest BCUT2D eigenvalue weighted by Crippen LogP contribution is 2.22. The molecule has 4 heteroatoms. The molecule has 0 amide bonds. The van der Waals surface area contributed by atoms with E-state index in [0.717, 1.165) is 30.2 Å². The van der Waals surface area contributed by atoms with Gasteiger partial charge in [0.25, 0.3) is 0 Å². The first-order valence-electron chi connectivity index (χ1n) is 4.46. The summed E-state index contributed by atoms with van der Waals surface area (Å²) in [6, 6.07) is 0. The van der Waals surface area contributed by atoms with E-state index in [1.165, 1.54) is 0 Å². The van der Waals surface area contributed by atoms with Crippen molar-refractivity contribution in [1.82, 2.24) is 4.98 Å². The van der Waals surface area contributed by atoms with Gasteiger partial charge in [0.05, 0.1) is 11.6 Å². The third kappa shape index (κ3) is 2.07. The van der Waals surface area contributed by atoms with Gasteiger partial charge >= 0.3 is 0 Å². The molecule has 1 aliphatic heterocycles. The summed E-state index contributed by atoms with van der Waals surface area (Å²) in [6.07, 6.45) is 1.80. The Morgan fingerprint density at radius 1 is 1.77 bits per heavy atom. The molecule has 0 aliphatic carbocycles. The molecular formula is C9H14N2OS. The largest absolute Gasteiger partial charge is 0.379 e. The van der Waals surface area contributed by atoms with E-state index in [-0.39, 0.29) is 5.54 Å². The van der Waals surface area contributed by atoms with Gasteiger partial charge in [-0.1, -0.05) is 0 Å². The van der Waals surface area contributed by atoms with Gasteiger partial charge in [-0.3, -0.25) is 0 Å². The number of hydrogen-bond acceptors (Lipinski definition) is 4. The average Bonchev–Trinajstić information content (AvgIpc) is 2.62. The summed E-state index contributed by atoms with van der Waals surface area (Å²) in [4.78, 5) is 4.40. The molecule has 2 heterocycles. The number of hydrogen-bond donors (Lipinski definition) is 1. The Kier molecular flexibility index (Phi) is 2.36. The molecule has 1 atom stereocenters. The van der Waals surface area contributed by atoms with E-state index in [4.69, 9.17) is 10.5 Å². The maximum absolute atomic E-state index is 6.14. The molecule has 13 heavy (non-hydrogen) atoms. The number of aryl methyl sites for hydroxylation is 1. The fourth-order valence-corrected chi connectivity index (χ4v) is 2.47. The van der Waals surface area contributed by atoms with Crippen molar-refractivity contribution in [2.24, 2.45) is 5.73 Å². The van der Waals surface area contributed by atoms with Gasteiger partial charge in [-0.25, -0.2) is 4.98 Å². The number of thiazole rings is 1. The van der Waals surface area contributed by atoms with Crippen LogP contribution in [0.5, 0.6) is 0 Å². The highest BCUT2D eigenvalue weighted by molar-refractivity contribution is 7.09. The highest BCUT2D eigenvalue weighted by atomic mass is 32.1. The Hall–Kier alpha value is -0.450. The SMILES string of the molecule is Cc1csc(CC2(N)CCOC2)n1. The predicted molar refractivity (Wildman–Crippen MR) is 52.9 cm³/mol. The van der Waals surface area contributed by atoms with Crippen molar-refractivity contribution < 1.29 is 4.74 Å². The molecule has 1 saturated heterocycles. The number of aromatic nitrogens is 1. The predicted octanol–water partition coefficient (Wildman–Crippen LogP) is 1.11. The van der Waals surface area contributed by atoms with E-state index >= 15 is 0 Å².